The van der Waals surface area contributed by atoms with Crippen LogP contribution in [-0.4, -0.2) is 22.1 Å². The number of amides is 1. The molecule has 0 atom stereocenters. The van der Waals surface area contributed by atoms with Crippen LogP contribution in [-0.2, 0) is 15.0 Å². The molecule has 0 heterocycles. The van der Waals surface area contributed by atoms with E-state index < -0.39 is 11.4 Å². The minimum atomic E-state index is -0.948. The van der Waals surface area contributed by atoms with E-state index in [0.29, 0.717) is 18.4 Å². The fourth-order valence-corrected chi connectivity index (χ4v) is 1.97. The van der Waals surface area contributed by atoms with E-state index in [1.807, 2.05) is 0 Å². The molecule has 1 aromatic carbocycles. The Morgan fingerprint density at radius 3 is 2.47 bits per heavy atom. The number of hydrogen-bond donors (Lipinski definition) is 3. The monoisotopic (exact) mass is 235 g/mol. The SMILES string of the molecule is CC(=O)Nc1c(O)cccc1C1(C(=O)O)CC1. The number of rotatable bonds is 3. The number of phenolic OH excluding ortho intramolecular Hbond substituents is 1. The lowest BCUT2D eigenvalue weighted by molar-refractivity contribution is -0.140. The van der Waals surface area contributed by atoms with Crippen molar-refractivity contribution in [2.45, 2.75) is 25.2 Å². The number of benzene rings is 1. The summed E-state index contributed by atoms with van der Waals surface area (Å²) in [7, 11) is 0. The predicted molar refractivity (Wildman–Crippen MR) is 61.0 cm³/mol. The third-order valence-corrected chi connectivity index (χ3v) is 3.02. The average Bonchev–Trinajstić information content (AvgIpc) is 3.01. The van der Waals surface area contributed by atoms with Crippen LogP contribution < -0.4 is 5.32 Å². The molecule has 1 saturated carbocycles. The van der Waals surface area contributed by atoms with Gasteiger partial charge in [0.2, 0.25) is 5.91 Å². The zero-order chi connectivity index (χ0) is 12.6. The number of carbonyl (C=O) groups excluding carboxylic acids is 1. The van der Waals surface area contributed by atoms with E-state index in [9.17, 15) is 19.8 Å². The van der Waals surface area contributed by atoms with Gasteiger partial charge in [-0.1, -0.05) is 12.1 Å². The van der Waals surface area contributed by atoms with Gasteiger partial charge in [0.05, 0.1) is 11.1 Å². The quantitative estimate of drug-likeness (QED) is 0.692. The molecule has 90 valence electrons. The molecule has 0 aliphatic heterocycles. The van der Waals surface area contributed by atoms with Gasteiger partial charge in [0.15, 0.2) is 0 Å². The summed E-state index contributed by atoms with van der Waals surface area (Å²) < 4.78 is 0. The third-order valence-electron chi connectivity index (χ3n) is 3.02. The third kappa shape index (κ3) is 1.84. The minimum absolute atomic E-state index is 0.106. The molecule has 17 heavy (non-hydrogen) atoms. The highest BCUT2D eigenvalue weighted by atomic mass is 16.4. The molecule has 0 aromatic heterocycles. The largest absolute Gasteiger partial charge is 0.506 e. The highest BCUT2D eigenvalue weighted by Gasteiger charge is 2.53. The van der Waals surface area contributed by atoms with Gasteiger partial charge in [-0.05, 0) is 24.5 Å². The Bertz CT molecular complexity index is 491. The molecule has 1 fully saturated rings. The highest BCUT2D eigenvalue weighted by molar-refractivity contribution is 5.95. The van der Waals surface area contributed by atoms with Crippen LogP contribution in [0.15, 0.2) is 18.2 Å². The van der Waals surface area contributed by atoms with Crippen molar-refractivity contribution >= 4 is 17.6 Å². The number of carboxylic acids is 1. The van der Waals surface area contributed by atoms with Crippen molar-refractivity contribution in [2.75, 3.05) is 5.32 Å². The van der Waals surface area contributed by atoms with E-state index in [4.69, 9.17) is 0 Å². The molecule has 0 bridgehead atoms. The first-order valence-electron chi connectivity index (χ1n) is 5.31. The topological polar surface area (TPSA) is 86.6 Å². The van der Waals surface area contributed by atoms with E-state index in [1.165, 1.54) is 13.0 Å². The molecule has 0 saturated heterocycles. The summed E-state index contributed by atoms with van der Waals surface area (Å²) in [6, 6.07) is 4.64. The normalized spacial score (nSPS) is 16.3. The zero-order valence-corrected chi connectivity index (χ0v) is 9.36. The van der Waals surface area contributed by atoms with Crippen LogP contribution in [0.25, 0.3) is 0 Å². The molecular formula is C12H13NO4. The van der Waals surface area contributed by atoms with Gasteiger partial charge in [-0.3, -0.25) is 9.59 Å². The molecule has 2 rings (SSSR count). The summed E-state index contributed by atoms with van der Waals surface area (Å²) in [4.78, 5) is 22.3. The fourth-order valence-electron chi connectivity index (χ4n) is 1.97. The Labute approximate surface area is 98.1 Å². The number of aromatic hydroxyl groups is 1. The van der Waals surface area contributed by atoms with E-state index in [-0.39, 0.29) is 17.3 Å². The van der Waals surface area contributed by atoms with E-state index in [2.05, 4.69) is 5.32 Å². The summed E-state index contributed by atoms with van der Waals surface area (Å²) in [5, 5.41) is 21.4. The molecule has 0 radical (unpaired) electrons. The molecule has 0 unspecified atom stereocenters. The lowest BCUT2D eigenvalue weighted by Crippen LogP contribution is -2.22. The van der Waals surface area contributed by atoms with Crippen molar-refractivity contribution < 1.29 is 19.8 Å². The van der Waals surface area contributed by atoms with E-state index in [0.717, 1.165) is 0 Å². The summed E-state index contributed by atoms with van der Waals surface area (Å²) in [5.74, 6) is -1.37. The lowest BCUT2D eigenvalue weighted by Gasteiger charge is -2.16. The molecule has 3 N–H and O–H groups in total. The molecule has 5 heteroatoms. The lowest BCUT2D eigenvalue weighted by atomic mass is 9.94. The van der Waals surface area contributed by atoms with Gasteiger partial charge in [-0.15, -0.1) is 0 Å². The molecular weight excluding hydrogens is 222 g/mol. The van der Waals surface area contributed by atoms with Gasteiger partial charge >= 0.3 is 5.97 Å². The maximum Gasteiger partial charge on any atom is 0.314 e. The number of hydrogen-bond acceptors (Lipinski definition) is 3. The Hall–Kier alpha value is -2.04. The van der Waals surface area contributed by atoms with E-state index >= 15 is 0 Å². The number of carboxylic acid groups (broad SMARTS) is 1. The number of carbonyl (C=O) groups is 2. The van der Waals surface area contributed by atoms with Gasteiger partial charge in [-0.2, -0.15) is 0 Å². The number of aliphatic carboxylic acids is 1. The summed E-state index contributed by atoms with van der Waals surface area (Å²) in [5.41, 5.74) is -0.267. The standard InChI is InChI=1S/C12H13NO4/c1-7(14)13-10-8(3-2-4-9(10)15)12(5-6-12)11(16)17/h2-4,15H,5-6H2,1H3,(H,13,14)(H,16,17). The Balaban J connectivity index is 2.50. The van der Waals surface area contributed by atoms with Crippen LogP contribution in [0.1, 0.15) is 25.3 Å². The molecule has 5 nitrogen and oxygen atoms in total. The zero-order valence-electron chi connectivity index (χ0n) is 9.36. The average molecular weight is 235 g/mol. The van der Waals surface area contributed by atoms with Crippen molar-refractivity contribution in [3.05, 3.63) is 23.8 Å². The Morgan fingerprint density at radius 1 is 1.35 bits per heavy atom. The van der Waals surface area contributed by atoms with Crippen molar-refractivity contribution in [1.29, 1.82) is 0 Å². The second-order valence-corrected chi connectivity index (χ2v) is 4.27. The van der Waals surface area contributed by atoms with Crippen LogP contribution in [0, 0.1) is 0 Å². The smallest absolute Gasteiger partial charge is 0.314 e. The predicted octanol–water partition coefficient (Wildman–Crippen LogP) is 1.47. The summed E-state index contributed by atoms with van der Waals surface area (Å²) in [6.45, 7) is 1.32. The van der Waals surface area contributed by atoms with Crippen molar-refractivity contribution in [3.63, 3.8) is 0 Å². The Morgan fingerprint density at radius 2 is 2.00 bits per heavy atom. The first-order chi connectivity index (χ1) is 7.97. The second-order valence-electron chi connectivity index (χ2n) is 4.27. The van der Waals surface area contributed by atoms with Gasteiger partial charge in [0.25, 0.3) is 0 Å². The molecule has 1 amide bonds. The van der Waals surface area contributed by atoms with Crippen molar-refractivity contribution in [1.82, 2.24) is 0 Å². The van der Waals surface area contributed by atoms with Crippen LogP contribution >= 0.6 is 0 Å². The van der Waals surface area contributed by atoms with Crippen LogP contribution in [0.5, 0.6) is 5.75 Å². The van der Waals surface area contributed by atoms with Crippen molar-refractivity contribution in [2.24, 2.45) is 0 Å². The number of anilines is 1. The van der Waals surface area contributed by atoms with Gasteiger partial charge in [0.1, 0.15) is 5.75 Å². The van der Waals surface area contributed by atoms with Crippen LogP contribution in [0.4, 0.5) is 5.69 Å². The van der Waals surface area contributed by atoms with Gasteiger partial charge in [0, 0.05) is 6.92 Å². The summed E-state index contributed by atoms with van der Waals surface area (Å²) in [6.07, 6.45) is 1.05. The summed E-state index contributed by atoms with van der Waals surface area (Å²) >= 11 is 0. The first kappa shape index (κ1) is 11.4. The maximum atomic E-state index is 11.2. The molecule has 1 aromatic rings. The maximum absolute atomic E-state index is 11.2. The van der Waals surface area contributed by atoms with Gasteiger partial charge < -0.3 is 15.5 Å². The Kier molecular flexibility index (Phi) is 2.53. The molecule has 1 aliphatic carbocycles. The second kappa shape index (κ2) is 3.76. The minimum Gasteiger partial charge on any atom is -0.506 e. The van der Waals surface area contributed by atoms with Gasteiger partial charge in [-0.25, -0.2) is 0 Å². The molecule has 1 aliphatic rings. The number of para-hydroxylation sites is 1. The molecule has 0 spiro atoms. The van der Waals surface area contributed by atoms with E-state index in [1.54, 1.807) is 12.1 Å². The van der Waals surface area contributed by atoms with Crippen LogP contribution in [0.2, 0.25) is 0 Å². The van der Waals surface area contributed by atoms with Crippen molar-refractivity contribution in [3.8, 4) is 5.75 Å². The number of nitrogens with one attached hydrogen (secondary N) is 1. The fraction of sp³-hybridized carbons (Fsp3) is 0.333. The first-order valence-corrected chi connectivity index (χ1v) is 5.31. The number of phenols is 1. The van der Waals surface area contributed by atoms with Crippen LogP contribution in [0.3, 0.4) is 0 Å². The highest BCUT2D eigenvalue weighted by Crippen LogP contribution is 2.52.